The first-order valence-electron chi connectivity index (χ1n) is 7.34. The Kier molecular flexibility index (Phi) is 3.13. The van der Waals surface area contributed by atoms with Crippen LogP contribution in [0.1, 0.15) is 32.8 Å². The molecule has 2 heterocycles. The molecule has 0 saturated carbocycles. The molecule has 2 aliphatic heterocycles. The largest absolute Gasteiger partial charge is 0.444 e. The highest BCUT2D eigenvalue weighted by Gasteiger charge is 2.52. The Morgan fingerprint density at radius 2 is 2.14 bits per heavy atom. The van der Waals surface area contributed by atoms with Crippen LogP contribution >= 0.6 is 0 Å². The lowest BCUT2D eigenvalue weighted by atomic mass is 9.80. The lowest BCUT2D eigenvalue weighted by molar-refractivity contribution is 0.0265. The van der Waals surface area contributed by atoms with Crippen molar-refractivity contribution in [2.24, 2.45) is 0 Å². The summed E-state index contributed by atoms with van der Waals surface area (Å²) < 4.78 is 5.43. The highest BCUT2D eigenvalue weighted by atomic mass is 16.6. The number of benzene rings is 1. The number of hydrogen-bond donors (Lipinski definition) is 2. The SMILES string of the molecule is CC(C)(C)OC(=O)N1CCC2(C1)c1ccccc1NC2O. The van der Waals surface area contributed by atoms with Crippen molar-refractivity contribution >= 4 is 11.8 Å². The zero-order valence-corrected chi connectivity index (χ0v) is 12.7. The molecule has 0 bridgehead atoms. The van der Waals surface area contributed by atoms with E-state index in [-0.39, 0.29) is 6.09 Å². The van der Waals surface area contributed by atoms with Crippen molar-refractivity contribution in [3.8, 4) is 0 Å². The van der Waals surface area contributed by atoms with Gasteiger partial charge in [-0.05, 0) is 38.8 Å². The van der Waals surface area contributed by atoms with Gasteiger partial charge in [-0.2, -0.15) is 0 Å². The van der Waals surface area contributed by atoms with E-state index in [2.05, 4.69) is 5.32 Å². The van der Waals surface area contributed by atoms with Gasteiger partial charge in [0.05, 0.1) is 5.41 Å². The van der Waals surface area contributed by atoms with E-state index in [0.29, 0.717) is 13.1 Å². The molecule has 2 N–H and O–H groups in total. The predicted octanol–water partition coefficient (Wildman–Crippen LogP) is 2.31. The van der Waals surface area contributed by atoms with Crippen molar-refractivity contribution in [2.75, 3.05) is 18.4 Å². The van der Waals surface area contributed by atoms with Gasteiger partial charge in [0.1, 0.15) is 11.8 Å². The fraction of sp³-hybridized carbons (Fsp3) is 0.562. The summed E-state index contributed by atoms with van der Waals surface area (Å²) in [7, 11) is 0. The number of fused-ring (bicyclic) bond motifs is 2. The average Bonchev–Trinajstić information content (AvgIpc) is 2.93. The minimum absolute atomic E-state index is 0.309. The second-order valence-electron chi connectivity index (χ2n) is 6.90. The van der Waals surface area contributed by atoms with Gasteiger partial charge in [0.2, 0.25) is 0 Å². The quantitative estimate of drug-likeness (QED) is 0.769. The number of anilines is 1. The van der Waals surface area contributed by atoms with E-state index in [1.54, 1.807) is 4.90 Å². The van der Waals surface area contributed by atoms with Crippen LogP contribution in [0.3, 0.4) is 0 Å². The van der Waals surface area contributed by atoms with Crippen molar-refractivity contribution in [1.82, 2.24) is 4.90 Å². The van der Waals surface area contributed by atoms with Crippen LogP contribution in [-0.2, 0) is 10.2 Å². The number of carbonyl (C=O) groups is 1. The summed E-state index contributed by atoms with van der Waals surface area (Å²) in [6.45, 7) is 6.66. The second kappa shape index (κ2) is 4.63. The van der Waals surface area contributed by atoms with Gasteiger partial charge in [0.25, 0.3) is 0 Å². The topological polar surface area (TPSA) is 61.8 Å². The average molecular weight is 290 g/mol. The van der Waals surface area contributed by atoms with Gasteiger partial charge in [-0.15, -0.1) is 0 Å². The second-order valence-corrected chi connectivity index (χ2v) is 6.90. The van der Waals surface area contributed by atoms with E-state index >= 15 is 0 Å². The molecule has 1 saturated heterocycles. The van der Waals surface area contributed by atoms with Gasteiger partial charge in [0.15, 0.2) is 0 Å². The van der Waals surface area contributed by atoms with E-state index in [1.807, 2.05) is 45.0 Å². The molecular weight excluding hydrogens is 268 g/mol. The number of ether oxygens (including phenoxy) is 1. The van der Waals surface area contributed by atoms with Crippen LogP contribution in [0.15, 0.2) is 24.3 Å². The maximum atomic E-state index is 12.2. The first-order chi connectivity index (χ1) is 9.82. The molecule has 5 nitrogen and oxygen atoms in total. The van der Waals surface area contributed by atoms with Crippen LogP contribution in [0.25, 0.3) is 0 Å². The Bertz CT molecular complexity index is 567. The standard InChI is InChI=1S/C16H22N2O3/c1-15(2,3)21-14(20)18-9-8-16(10-18)11-6-4-5-7-12(11)17-13(16)19/h4-7,13,17,19H,8-10H2,1-3H3. The van der Waals surface area contributed by atoms with E-state index in [4.69, 9.17) is 4.74 Å². The Labute approximate surface area is 124 Å². The molecule has 114 valence electrons. The smallest absolute Gasteiger partial charge is 0.410 e. The number of amides is 1. The van der Waals surface area contributed by atoms with Gasteiger partial charge in [-0.3, -0.25) is 0 Å². The third-order valence-electron chi connectivity index (χ3n) is 4.23. The van der Waals surface area contributed by atoms with E-state index in [9.17, 15) is 9.90 Å². The summed E-state index contributed by atoms with van der Waals surface area (Å²) in [5.74, 6) is 0. The molecule has 1 fully saturated rings. The molecule has 3 rings (SSSR count). The number of aliphatic hydroxyl groups is 1. The third kappa shape index (κ3) is 2.35. The third-order valence-corrected chi connectivity index (χ3v) is 4.23. The Morgan fingerprint density at radius 1 is 1.43 bits per heavy atom. The lowest BCUT2D eigenvalue weighted by Crippen LogP contribution is -2.43. The normalized spacial score (nSPS) is 27.6. The summed E-state index contributed by atoms with van der Waals surface area (Å²) in [5, 5.41) is 13.6. The zero-order valence-electron chi connectivity index (χ0n) is 12.7. The van der Waals surface area contributed by atoms with Gasteiger partial charge < -0.3 is 20.1 Å². The van der Waals surface area contributed by atoms with Gasteiger partial charge in [-0.25, -0.2) is 4.79 Å². The van der Waals surface area contributed by atoms with Crippen LogP contribution < -0.4 is 5.32 Å². The molecule has 1 aromatic rings. The number of nitrogens with zero attached hydrogens (tertiary/aromatic N) is 1. The first kappa shape index (κ1) is 14.2. The van der Waals surface area contributed by atoms with Crippen LogP contribution in [0.5, 0.6) is 0 Å². The van der Waals surface area contributed by atoms with E-state index in [1.165, 1.54) is 0 Å². The van der Waals surface area contributed by atoms with Crippen LogP contribution in [-0.4, -0.2) is 41.0 Å². The number of aliphatic hydroxyl groups excluding tert-OH is 1. The fourth-order valence-corrected chi connectivity index (χ4v) is 3.23. The number of nitrogens with one attached hydrogen (secondary N) is 1. The summed E-state index contributed by atoms with van der Waals surface area (Å²) in [5.41, 5.74) is 1.12. The monoisotopic (exact) mass is 290 g/mol. The van der Waals surface area contributed by atoms with Gasteiger partial charge in [0, 0.05) is 18.8 Å². The van der Waals surface area contributed by atoms with Crippen molar-refractivity contribution in [3.05, 3.63) is 29.8 Å². The lowest BCUT2D eigenvalue weighted by Gasteiger charge is -2.29. The molecule has 21 heavy (non-hydrogen) atoms. The number of carbonyl (C=O) groups excluding carboxylic acids is 1. The van der Waals surface area contributed by atoms with Crippen LogP contribution in [0, 0.1) is 0 Å². The molecule has 0 radical (unpaired) electrons. The zero-order chi connectivity index (χ0) is 15.3. The summed E-state index contributed by atoms with van der Waals surface area (Å²) >= 11 is 0. The molecule has 5 heteroatoms. The molecule has 0 aromatic heterocycles. The molecule has 2 aliphatic rings. The maximum Gasteiger partial charge on any atom is 0.410 e. The minimum atomic E-state index is -0.665. The Hall–Kier alpha value is -1.75. The van der Waals surface area contributed by atoms with Crippen LogP contribution in [0.2, 0.25) is 0 Å². The molecule has 0 aliphatic carbocycles. The minimum Gasteiger partial charge on any atom is -0.444 e. The summed E-state index contributed by atoms with van der Waals surface area (Å²) in [4.78, 5) is 13.9. The number of para-hydroxylation sites is 1. The van der Waals surface area contributed by atoms with Crippen LogP contribution in [0.4, 0.5) is 10.5 Å². The predicted molar refractivity (Wildman–Crippen MR) is 80.2 cm³/mol. The molecular formula is C16H22N2O3. The number of hydrogen-bond acceptors (Lipinski definition) is 4. The molecule has 2 unspecified atom stereocenters. The van der Waals surface area contributed by atoms with Crippen molar-refractivity contribution < 1.29 is 14.6 Å². The molecule has 1 amide bonds. The van der Waals surface area contributed by atoms with E-state index < -0.39 is 17.2 Å². The van der Waals surface area contributed by atoms with Crippen molar-refractivity contribution in [3.63, 3.8) is 0 Å². The van der Waals surface area contributed by atoms with Crippen molar-refractivity contribution in [1.29, 1.82) is 0 Å². The molecule has 2 atom stereocenters. The Balaban J connectivity index is 1.82. The first-order valence-corrected chi connectivity index (χ1v) is 7.34. The number of likely N-dealkylation sites (tertiary alicyclic amines) is 1. The highest BCUT2D eigenvalue weighted by Crippen LogP contribution is 2.46. The van der Waals surface area contributed by atoms with Gasteiger partial charge in [-0.1, -0.05) is 18.2 Å². The number of rotatable bonds is 0. The summed E-state index contributed by atoms with van der Waals surface area (Å²) in [6.07, 6.45) is -0.240. The van der Waals surface area contributed by atoms with E-state index in [0.717, 1.165) is 17.7 Å². The Morgan fingerprint density at radius 3 is 2.86 bits per heavy atom. The fourth-order valence-electron chi connectivity index (χ4n) is 3.23. The molecule has 1 spiro atoms. The van der Waals surface area contributed by atoms with Crippen molar-refractivity contribution in [2.45, 2.75) is 44.4 Å². The highest BCUT2D eigenvalue weighted by molar-refractivity contribution is 5.70. The maximum absolute atomic E-state index is 12.2. The summed E-state index contributed by atoms with van der Waals surface area (Å²) in [6, 6.07) is 7.90. The molecule has 1 aromatic carbocycles. The van der Waals surface area contributed by atoms with Gasteiger partial charge >= 0.3 is 6.09 Å².